The van der Waals surface area contributed by atoms with Crippen molar-refractivity contribution in [3.8, 4) is 0 Å². The zero-order valence-electron chi connectivity index (χ0n) is 8.48. The minimum Gasteiger partial charge on any atom is -0.478 e. The molecule has 0 aromatic heterocycles. The van der Waals surface area contributed by atoms with Crippen LogP contribution in [-0.2, 0) is 4.79 Å². The molecular weight excluding hydrogens is 243 g/mol. The molecule has 0 aromatic carbocycles. The lowest BCUT2D eigenvalue weighted by Gasteiger charge is -2.39. The van der Waals surface area contributed by atoms with Crippen molar-refractivity contribution in [1.82, 2.24) is 4.90 Å². The molecule has 1 heterocycles. The Morgan fingerprint density at radius 3 is 2.47 bits per heavy atom. The first-order valence-electron chi connectivity index (χ1n) is 4.49. The van der Waals surface area contributed by atoms with Crippen molar-refractivity contribution in [2.45, 2.75) is 11.9 Å². The summed E-state index contributed by atoms with van der Waals surface area (Å²) in [5.74, 6) is -1.39. The number of aliphatic hydroxyl groups is 2. The summed E-state index contributed by atoms with van der Waals surface area (Å²) in [6.07, 6.45) is -2.06. The van der Waals surface area contributed by atoms with Crippen LogP contribution in [0.3, 0.4) is 0 Å². The van der Waals surface area contributed by atoms with Gasteiger partial charge in [-0.2, -0.15) is 13.2 Å². The van der Waals surface area contributed by atoms with E-state index in [1.165, 1.54) is 0 Å². The summed E-state index contributed by atoms with van der Waals surface area (Å²) < 4.78 is 37.7. The topological polar surface area (TPSA) is 81.0 Å². The van der Waals surface area contributed by atoms with Gasteiger partial charge in [0, 0.05) is 6.20 Å². The second-order valence-electron chi connectivity index (χ2n) is 3.44. The monoisotopic (exact) mass is 253 g/mol. The van der Waals surface area contributed by atoms with Crippen molar-refractivity contribution in [3.63, 3.8) is 0 Å². The van der Waals surface area contributed by atoms with Gasteiger partial charge in [0.2, 0.25) is 0 Å². The summed E-state index contributed by atoms with van der Waals surface area (Å²) in [7, 11) is 0. The van der Waals surface area contributed by atoms with Crippen LogP contribution in [0.25, 0.3) is 0 Å². The Balaban J connectivity index is 2.99. The number of rotatable bonds is 3. The van der Waals surface area contributed by atoms with E-state index in [4.69, 9.17) is 10.2 Å². The van der Waals surface area contributed by atoms with Crippen molar-refractivity contribution in [1.29, 1.82) is 0 Å². The highest BCUT2D eigenvalue weighted by atomic mass is 19.4. The molecule has 8 heteroatoms. The van der Waals surface area contributed by atoms with E-state index in [1.54, 1.807) is 0 Å². The van der Waals surface area contributed by atoms with Crippen LogP contribution >= 0.6 is 0 Å². The first-order valence-corrected chi connectivity index (χ1v) is 4.49. The molecule has 1 aliphatic rings. The van der Waals surface area contributed by atoms with Crippen LogP contribution in [0.5, 0.6) is 0 Å². The van der Waals surface area contributed by atoms with Gasteiger partial charge in [-0.1, -0.05) is 0 Å². The third-order valence-corrected chi connectivity index (χ3v) is 2.33. The lowest BCUT2D eigenvalue weighted by atomic mass is 10.1. The van der Waals surface area contributed by atoms with Gasteiger partial charge in [0.15, 0.2) is 0 Å². The van der Waals surface area contributed by atoms with E-state index < -0.39 is 31.0 Å². The van der Waals surface area contributed by atoms with E-state index in [-0.39, 0.29) is 5.57 Å². The van der Waals surface area contributed by atoms with Gasteiger partial charge in [-0.3, -0.25) is 0 Å². The van der Waals surface area contributed by atoms with Crippen molar-refractivity contribution >= 4 is 5.97 Å². The van der Waals surface area contributed by atoms with Crippen molar-refractivity contribution in [2.75, 3.05) is 13.2 Å². The number of alkyl halides is 3. The van der Waals surface area contributed by atoms with Gasteiger partial charge in [-0.15, -0.1) is 0 Å². The van der Waals surface area contributed by atoms with Crippen molar-refractivity contribution in [3.05, 3.63) is 23.9 Å². The van der Waals surface area contributed by atoms with Gasteiger partial charge in [-0.25, -0.2) is 4.79 Å². The standard InChI is InChI=1S/C9H10F3NO4/c10-9(11,12)8(17,5-14)13-3-1-2-6(4-13)7(15)16/h1-3,14,17H,4-5H2,(H,15,16). The van der Waals surface area contributed by atoms with Gasteiger partial charge in [-0.05, 0) is 12.2 Å². The summed E-state index contributed by atoms with van der Waals surface area (Å²) in [6, 6.07) is 0. The molecule has 0 radical (unpaired) electrons. The first kappa shape index (κ1) is 13.5. The number of carbonyl (C=O) groups is 1. The minimum atomic E-state index is -5.10. The van der Waals surface area contributed by atoms with Crippen LogP contribution in [-0.4, -0.2) is 51.2 Å². The molecule has 1 rings (SSSR count). The fourth-order valence-electron chi connectivity index (χ4n) is 1.29. The highest BCUT2D eigenvalue weighted by Crippen LogP contribution is 2.34. The summed E-state index contributed by atoms with van der Waals surface area (Å²) in [6.45, 7) is -2.24. The molecule has 0 bridgehead atoms. The molecule has 5 nitrogen and oxygen atoms in total. The normalized spacial score (nSPS) is 19.8. The third kappa shape index (κ3) is 2.42. The van der Waals surface area contributed by atoms with E-state index in [2.05, 4.69) is 0 Å². The quantitative estimate of drug-likeness (QED) is 0.663. The number of aliphatic carboxylic acids is 1. The molecule has 17 heavy (non-hydrogen) atoms. The molecule has 3 N–H and O–H groups in total. The SMILES string of the molecule is O=C(O)C1=CC=CN(C(O)(CO)C(F)(F)F)C1. The van der Waals surface area contributed by atoms with E-state index in [0.717, 1.165) is 18.4 Å². The summed E-state index contributed by atoms with van der Waals surface area (Å²) in [5.41, 5.74) is -3.80. The van der Waals surface area contributed by atoms with Crippen LogP contribution in [0.1, 0.15) is 0 Å². The van der Waals surface area contributed by atoms with Crippen LogP contribution in [0, 0.1) is 0 Å². The van der Waals surface area contributed by atoms with E-state index in [0.29, 0.717) is 4.90 Å². The fraction of sp³-hybridized carbons (Fsp3) is 0.444. The Morgan fingerprint density at radius 2 is 2.06 bits per heavy atom. The van der Waals surface area contributed by atoms with Crippen molar-refractivity contribution in [2.24, 2.45) is 0 Å². The molecule has 1 unspecified atom stereocenters. The van der Waals surface area contributed by atoms with Gasteiger partial charge in [0.1, 0.15) is 6.61 Å². The Hall–Kier alpha value is -1.54. The molecule has 0 spiro atoms. The predicted molar refractivity (Wildman–Crippen MR) is 49.7 cm³/mol. The van der Waals surface area contributed by atoms with Gasteiger partial charge >= 0.3 is 12.1 Å². The molecule has 0 aliphatic carbocycles. The maximum atomic E-state index is 12.6. The lowest BCUT2D eigenvalue weighted by molar-refractivity contribution is -0.316. The Kier molecular flexibility index (Phi) is 3.48. The van der Waals surface area contributed by atoms with E-state index >= 15 is 0 Å². The zero-order valence-corrected chi connectivity index (χ0v) is 8.48. The summed E-state index contributed by atoms with van der Waals surface area (Å²) in [5, 5.41) is 26.7. The summed E-state index contributed by atoms with van der Waals surface area (Å²) >= 11 is 0. The number of hydrogen-bond acceptors (Lipinski definition) is 4. The molecule has 0 aromatic rings. The fourth-order valence-corrected chi connectivity index (χ4v) is 1.29. The molecule has 1 aliphatic heterocycles. The maximum absolute atomic E-state index is 12.6. The lowest BCUT2D eigenvalue weighted by Crippen LogP contribution is -2.60. The highest BCUT2D eigenvalue weighted by Gasteiger charge is 2.57. The Labute approximate surface area is 94.1 Å². The molecule has 96 valence electrons. The van der Waals surface area contributed by atoms with E-state index in [9.17, 15) is 23.1 Å². The van der Waals surface area contributed by atoms with Crippen LogP contribution in [0.4, 0.5) is 13.2 Å². The van der Waals surface area contributed by atoms with Gasteiger partial charge in [0.25, 0.3) is 5.72 Å². The van der Waals surface area contributed by atoms with Crippen LogP contribution in [0.2, 0.25) is 0 Å². The van der Waals surface area contributed by atoms with Gasteiger partial charge in [0.05, 0.1) is 12.1 Å². The number of carboxylic acid groups (broad SMARTS) is 1. The average Bonchev–Trinajstić information content (AvgIpc) is 2.26. The van der Waals surface area contributed by atoms with Crippen LogP contribution in [0.15, 0.2) is 23.9 Å². The molecule has 0 amide bonds. The second-order valence-corrected chi connectivity index (χ2v) is 3.44. The molecule has 1 atom stereocenters. The smallest absolute Gasteiger partial charge is 0.439 e. The molecule has 0 saturated heterocycles. The predicted octanol–water partition coefficient (Wildman–Crippen LogP) is 0.0699. The third-order valence-electron chi connectivity index (χ3n) is 2.33. The number of nitrogens with zero attached hydrogens (tertiary/aromatic N) is 1. The molecular formula is C9H10F3NO4. The first-order chi connectivity index (χ1) is 7.72. The highest BCUT2D eigenvalue weighted by molar-refractivity contribution is 5.87. The summed E-state index contributed by atoms with van der Waals surface area (Å²) in [4.78, 5) is 10.9. The van der Waals surface area contributed by atoms with Gasteiger partial charge < -0.3 is 20.2 Å². The second kappa shape index (κ2) is 4.38. The Morgan fingerprint density at radius 1 is 1.47 bits per heavy atom. The number of carboxylic acids is 1. The number of aliphatic hydroxyl groups excluding tert-OH is 1. The largest absolute Gasteiger partial charge is 0.478 e. The minimum absolute atomic E-state index is 0.316. The number of halogens is 3. The van der Waals surface area contributed by atoms with Crippen LogP contribution < -0.4 is 0 Å². The maximum Gasteiger partial charge on any atom is 0.439 e. The van der Waals surface area contributed by atoms with Crippen molar-refractivity contribution < 1.29 is 33.3 Å². The number of allylic oxidation sites excluding steroid dienone is 2. The number of hydrogen-bond donors (Lipinski definition) is 3. The Bertz CT molecular complexity index is 377. The average molecular weight is 253 g/mol. The van der Waals surface area contributed by atoms with E-state index in [1.807, 2.05) is 0 Å². The molecule has 0 saturated carbocycles. The zero-order chi connectivity index (χ0) is 13.3. The molecule has 0 fully saturated rings.